The molecule has 0 fully saturated rings. The van der Waals surface area contributed by atoms with Gasteiger partial charge in [0.15, 0.2) is 0 Å². The van der Waals surface area contributed by atoms with E-state index in [0.29, 0.717) is 16.8 Å². The third-order valence-corrected chi connectivity index (χ3v) is 5.00. The van der Waals surface area contributed by atoms with Gasteiger partial charge in [-0.15, -0.1) is 0 Å². The average Bonchev–Trinajstić information content (AvgIpc) is 2.73. The third-order valence-electron chi connectivity index (χ3n) is 5.00. The van der Waals surface area contributed by atoms with E-state index < -0.39 is 0 Å². The number of nitrogens with zero attached hydrogens (tertiary/aromatic N) is 1. The second kappa shape index (κ2) is 5.92. The molecule has 0 aromatic heterocycles. The Balaban J connectivity index is 1.60. The van der Waals surface area contributed by atoms with E-state index in [2.05, 4.69) is 0 Å². The van der Waals surface area contributed by atoms with E-state index >= 15 is 0 Å². The van der Waals surface area contributed by atoms with E-state index in [0.717, 1.165) is 21.9 Å². The molecule has 27 heavy (non-hydrogen) atoms. The Morgan fingerprint density at radius 2 is 1.07 bits per heavy atom. The van der Waals surface area contributed by atoms with E-state index in [1.807, 2.05) is 78.9 Å². The summed E-state index contributed by atoms with van der Waals surface area (Å²) in [4.78, 5) is 27.4. The molecule has 2 amide bonds. The van der Waals surface area contributed by atoms with Crippen LogP contribution in [0.5, 0.6) is 0 Å². The second-order valence-corrected chi connectivity index (χ2v) is 6.57. The summed E-state index contributed by atoms with van der Waals surface area (Å²) < 4.78 is 0. The summed E-state index contributed by atoms with van der Waals surface area (Å²) in [5.74, 6) is -0.562. The van der Waals surface area contributed by atoms with Crippen molar-refractivity contribution in [1.82, 2.24) is 0 Å². The van der Waals surface area contributed by atoms with Crippen molar-refractivity contribution >= 4 is 28.3 Å². The van der Waals surface area contributed by atoms with Crippen molar-refractivity contribution in [1.29, 1.82) is 0 Å². The van der Waals surface area contributed by atoms with E-state index in [1.54, 1.807) is 12.1 Å². The van der Waals surface area contributed by atoms with Gasteiger partial charge in [0.1, 0.15) is 0 Å². The summed E-state index contributed by atoms with van der Waals surface area (Å²) in [6, 6.07) is 28.7. The minimum Gasteiger partial charge on any atom is -0.268 e. The summed E-state index contributed by atoms with van der Waals surface area (Å²) in [7, 11) is 0. The molecule has 0 saturated carbocycles. The van der Waals surface area contributed by atoms with Crippen LogP contribution in [0.4, 0.5) is 5.69 Å². The molecule has 0 saturated heterocycles. The van der Waals surface area contributed by atoms with Crippen LogP contribution in [-0.2, 0) is 0 Å². The quantitative estimate of drug-likeness (QED) is 0.460. The molecule has 0 spiro atoms. The lowest BCUT2D eigenvalue weighted by Crippen LogP contribution is -2.40. The van der Waals surface area contributed by atoms with E-state index in [1.165, 1.54) is 4.90 Å². The fraction of sp³-hybridized carbons (Fsp3) is 0. The molecule has 128 valence electrons. The number of hydrogen-bond acceptors (Lipinski definition) is 2. The van der Waals surface area contributed by atoms with Gasteiger partial charge in [0.2, 0.25) is 0 Å². The molecule has 5 rings (SSSR count). The zero-order valence-electron chi connectivity index (χ0n) is 14.4. The number of carbonyl (C=O) groups is 2. The molecule has 0 N–H and O–H groups in total. The van der Waals surface area contributed by atoms with Crippen LogP contribution in [0.3, 0.4) is 0 Å². The van der Waals surface area contributed by atoms with Crippen molar-refractivity contribution in [3.63, 3.8) is 0 Å². The fourth-order valence-corrected chi connectivity index (χ4v) is 3.70. The minimum atomic E-state index is -0.281. The van der Waals surface area contributed by atoms with Crippen LogP contribution < -0.4 is 4.90 Å². The van der Waals surface area contributed by atoms with E-state index in [9.17, 15) is 9.59 Å². The first-order valence-corrected chi connectivity index (χ1v) is 8.80. The molecule has 4 aromatic rings. The molecule has 1 heterocycles. The van der Waals surface area contributed by atoms with Gasteiger partial charge in [0.25, 0.3) is 11.8 Å². The first-order valence-electron chi connectivity index (χ1n) is 8.80. The maximum atomic E-state index is 13.1. The molecule has 3 nitrogen and oxygen atoms in total. The van der Waals surface area contributed by atoms with Crippen LogP contribution in [0.25, 0.3) is 21.9 Å². The lowest BCUT2D eigenvalue weighted by Gasteiger charge is -2.27. The van der Waals surface area contributed by atoms with Gasteiger partial charge < -0.3 is 0 Å². The number of hydrogen-bond donors (Lipinski definition) is 0. The van der Waals surface area contributed by atoms with Crippen LogP contribution in [-0.4, -0.2) is 11.8 Å². The second-order valence-electron chi connectivity index (χ2n) is 6.57. The number of benzene rings is 4. The normalized spacial score (nSPS) is 13.3. The van der Waals surface area contributed by atoms with Crippen molar-refractivity contribution in [2.75, 3.05) is 4.90 Å². The number of imide groups is 1. The molecular weight excluding hydrogens is 334 g/mol. The Morgan fingerprint density at radius 3 is 1.67 bits per heavy atom. The first-order chi connectivity index (χ1) is 13.2. The molecule has 0 bridgehead atoms. The monoisotopic (exact) mass is 349 g/mol. The first kappa shape index (κ1) is 15.5. The van der Waals surface area contributed by atoms with Crippen LogP contribution >= 0.6 is 0 Å². The maximum Gasteiger partial charge on any atom is 0.265 e. The lowest BCUT2D eigenvalue weighted by molar-refractivity contribution is 0.0893. The number of anilines is 1. The predicted octanol–water partition coefficient (Wildman–Crippen LogP) is 5.31. The van der Waals surface area contributed by atoms with Gasteiger partial charge in [-0.2, -0.15) is 0 Å². The van der Waals surface area contributed by atoms with Gasteiger partial charge in [0, 0.05) is 16.5 Å². The Morgan fingerprint density at radius 1 is 0.519 bits per heavy atom. The predicted molar refractivity (Wildman–Crippen MR) is 107 cm³/mol. The van der Waals surface area contributed by atoms with Gasteiger partial charge in [-0.25, -0.2) is 4.90 Å². The molecule has 0 atom stereocenters. The molecule has 0 unspecified atom stereocenters. The highest BCUT2D eigenvalue weighted by molar-refractivity contribution is 6.35. The van der Waals surface area contributed by atoms with E-state index in [4.69, 9.17) is 0 Å². The molecule has 1 aliphatic rings. The number of amides is 2. The summed E-state index contributed by atoms with van der Waals surface area (Å²) >= 11 is 0. The van der Waals surface area contributed by atoms with Crippen molar-refractivity contribution in [3.8, 4) is 11.1 Å². The highest BCUT2D eigenvalue weighted by Gasteiger charge is 2.33. The summed E-state index contributed by atoms with van der Waals surface area (Å²) in [6.07, 6.45) is 0. The molecule has 4 aromatic carbocycles. The maximum absolute atomic E-state index is 13.1. The van der Waals surface area contributed by atoms with Crippen molar-refractivity contribution < 1.29 is 9.59 Å². The van der Waals surface area contributed by atoms with Crippen molar-refractivity contribution in [3.05, 3.63) is 102 Å². The highest BCUT2D eigenvalue weighted by atomic mass is 16.2. The summed E-state index contributed by atoms with van der Waals surface area (Å²) in [6.45, 7) is 0. The van der Waals surface area contributed by atoms with Gasteiger partial charge in [-0.3, -0.25) is 9.59 Å². The van der Waals surface area contributed by atoms with Crippen LogP contribution in [0, 0.1) is 0 Å². The molecule has 0 aliphatic carbocycles. The lowest BCUT2D eigenvalue weighted by atomic mass is 9.93. The number of rotatable bonds is 2. The van der Waals surface area contributed by atoms with Crippen molar-refractivity contribution in [2.45, 2.75) is 0 Å². The van der Waals surface area contributed by atoms with Gasteiger partial charge in [-0.1, -0.05) is 66.7 Å². The summed E-state index contributed by atoms with van der Waals surface area (Å²) in [5.41, 5.74) is 3.84. The zero-order valence-corrected chi connectivity index (χ0v) is 14.4. The molecule has 3 heteroatoms. The Kier molecular flexibility index (Phi) is 3.41. The smallest absolute Gasteiger partial charge is 0.265 e. The summed E-state index contributed by atoms with van der Waals surface area (Å²) in [5, 5.41) is 1.65. The highest BCUT2D eigenvalue weighted by Crippen LogP contribution is 2.33. The Hall–Kier alpha value is -3.72. The standard InChI is InChI=1S/C24H15NO2/c26-23-20-10-4-8-18-9-5-11-21(22(18)20)24(27)25(23)19-14-12-17(13-15-19)16-6-2-1-3-7-16/h1-15H. The van der Waals surface area contributed by atoms with Gasteiger partial charge in [0.05, 0.1) is 5.69 Å². The van der Waals surface area contributed by atoms with Gasteiger partial charge >= 0.3 is 0 Å². The average molecular weight is 349 g/mol. The minimum absolute atomic E-state index is 0.281. The number of carbonyl (C=O) groups excluding carboxylic acids is 2. The van der Waals surface area contributed by atoms with Crippen LogP contribution in [0.1, 0.15) is 20.7 Å². The SMILES string of the molecule is O=C1c2cccc3cccc(c23)C(=O)N1c1ccc(-c2ccccc2)cc1. The Bertz CT molecular complexity index is 1140. The largest absolute Gasteiger partial charge is 0.268 e. The third kappa shape index (κ3) is 2.36. The molecular formula is C24H15NO2. The topological polar surface area (TPSA) is 37.4 Å². The van der Waals surface area contributed by atoms with Crippen LogP contribution in [0.15, 0.2) is 91.0 Å². The van der Waals surface area contributed by atoms with E-state index in [-0.39, 0.29) is 11.8 Å². The fourth-order valence-electron chi connectivity index (χ4n) is 3.70. The zero-order chi connectivity index (χ0) is 18.4. The Labute approximate surface area is 156 Å². The van der Waals surface area contributed by atoms with Crippen molar-refractivity contribution in [2.24, 2.45) is 0 Å². The molecule has 0 radical (unpaired) electrons. The van der Waals surface area contributed by atoms with Gasteiger partial charge in [-0.05, 0) is 40.8 Å². The van der Waals surface area contributed by atoms with Crippen LogP contribution in [0.2, 0.25) is 0 Å². The molecule has 1 aliphatic heterocycles.